The monoisotopic (exact) mass is 297 g/mol. The zero-order valence-electron chi connectivity index (χ0n) is 11.6. The van der Waals surface area contributed by atoms with E-state index in [-0.39, 0.29) is 22.4 Å². The number of nitrogens with zero attached hydrogens (tertiary/aromatic N) is 1. The standard InChI is InChI=1S/C14H19NO4S/c1-10(2)9-15(12-6-7-12)20(18,19)13-5-3-4-11(8-13)14(16)17/h3-5,8,10,12H,6-7,9H2,1-2H3,(H,16,17). The van der Waals surface area contributed by atoms with Gasteiger partial charge in [-0.1, -0.05) is 19.9 Å². The Morgan fingerprint density at radius 1 is 1.40 bits per heavy atom. The molecule has 0 spiro atoms. The highest BCUT2D eigenvalue weighted by Gasteiger charge is 2.38. The smallest absolute Gasteiger partial charge is 0.335 e. The molecule has 1 aliphatic rings. The lowest BCUT2D eigenvalue weighted by Gasteiger charge is -2.23. The molecule has 0 bridgehead atoms. The normalized spacial score (nSPS) is 15.8. The number of carboxylic acids is 1. The average Bonchev–Trinajstić information content (AvgIpc) is 3.20. The average molecular weight is 297 g/mol. The number of benzene rings is 1. The Morgan fingerprint density at radius 3 is 2.55 bits per heavy atom. The Labute approximate surface area is 119 Å². The first kappa shape index (κ1) is 15.0. The first-order chi connectivity index (χ1) is 9.32. The molecule has 1 saturated carbocycles. The van der Waals surface area contributed by atoms with Gasteiger partial charge in [0.15, 0.2) is 0 Å². The number of carbonyl (C=O) groups is 1. The van der Waals surface area contributed by atoms with Gasteiger partial charge in [-0.25, -0.2) is 13.2 Å². The van der Waals surface area contributed by atoms with Crippen LogP contribution in [0.15, 0.2) is 29.2 Å². The Morgan fingerprint density at radius 2 is 2.05 bits per heavy atom. The summed E-state index contributed by atoms with van der Waals surface area (Å²) >= 11 is 0. The van der Waals surface area contributed by atoms with E-state index in [1.54, 1.807) is 0 Å². The fraction of sp³-hybridized carbons (Fsp3) is 0.500. The van der Waals surface area contributed by atoms with Crippen molar-refractivity contribution in [3.8, 4) is 0 Å². The number of carboxylic acid groups (broad SMARTS) is 1. The minimum atomic E-state index is -3.62. The number of rotatable bonds is 6. The number of hydrogen-bond acceptors (Lipinski definition) is 3. The number of aromatic carboxylic acids is 1. The van der Waals surface area contributed by atoms with E-state index < -0.39 is 16.0 Å². The highest BCUT2D eigenvalue weighted by molar-refractivity contribution is 7.89. The van der Waals surface area contributed by atoms with E-state index >= 15 is 0 Å². The number of sulfonamides is 1. The molecule has 1 N–H and O–H groups in total. The summed E-state index contributed by atoms with van der Waals surface area (Å²) in [4.78, 5) is 11.0. The lowest BCUT2D eigenvalue weighted by molar-refractivity contribution is 0.0696. The van der Waals surface area contributed by atoms with E-state index in [1.165, 1.54) is 28.6 Å². The molecule has 20 heavy (non-hydrogen) atoms. The Hall–Kier alpha value is -1.40. The van der Waals surface area contributed by atoms with Crippen molar-refractivity contribution in [2.45, 2.75) is 37.6 Å². The van der Waals surface area contributed by atoms with Gasteiger partial charge in [-0.15, -0.1) is 0 Å². The van der Waals surface area contributed by atoms with Crippen molar-refractivity contribution in [1.29, 1.82) is 0 Å². The minimum Gasteiger partial charge on any atom is -0.478 e. The predicted molar refractivity (Wildman–Crippen MR) is 75.2 cm³/mol. The Kier molecular flexibility index (Phi) is 4.15. The zero-order chi connectivity index (χ0) is 14.9. The molecule has 0 aliphatic heterocycles. The fourth-order valence-corrected chi connectivity index (χ4v) is 3.99. The maximum Gasteiger partial charge on any atom is 0.335 e. The molecular formula is C14H19NO4S. The third-order valence-corrected chi connectivity index (χ3v) is 5.10. The molecule has 1 aromatic carbocycles. The van der Waals surface area contributed by atoms with Crippen LogP contribution < -0.4 is 0 Å². The topological polar surface area (TPSA) is 74.7 Å². The largest absolute Gasteiger partial charge is 0.478 e. The molecule has 1 fully saturated rings. The third-order valence-electron chi connectivity index (χ3n) is 3.19. The van der Waals surface area contributed by atoms with Gasteiger partial charge in [0.2, 0.25) is 10.0 Å². The van der Waals surface area contributed by atoms with Crippen molar-refractivity contribution >= 4 is 16.0 Å². The fourth-order valence-electron chi connectivity index (χ4n) is 2.09. The van der Waals surface area contributed by atoms with Gasteiger partial charge < -0.3 is 5.11 Å². The van der Waals surface area contributed by atoms with Gasteiger partial charge >= 0.3 is 5.97 Å². The second kappa shape index (κ2) is 5.54. The summed E-state index contributed by atoms with van der Waals surface area (Å²) in [7, 11) is -3.62. The molecule has 0 heterocycles. The van der Waals surface area contributed by atoms with Gasteiger partial charge in [0.1, 0.15) is 0 Å². The molecule has 0 amide bonds. The molecule has 0 atom stereocenters. The van der Waals surface area contributed by atoms with Crippen molar-refractivity contribution < 1.29 is 18.3 Å². The SMILES string of the molecule is CC(C)CN(C1CC1)S(=O)(=O)c1cccc(C(=O)O)c1. The summed E-state index contributed by atoms with van der Waals surface area (Å²) in [5, 5.41) is 8.97. The van der Waals surface area contributed by atoms with E-state index in [0.717, 1.165) is 12.8 Å². The molecule has 0 radical (unpaired) electrons. The molecule has 1 aliphatic carbocycles. The van der Waals surface area contributed by atoms with Crippen LogP contribution in [0, 0.1) is 5.92 Å². The molecular weight excluding hydrogens is 278 g/mol. The molecule has 6 heteroatoms. The van der Waals surface area contributed by atoms with Crippen LogP contribution >= 0.6 is 0 Å². The van der Waals surface area contributed by atoms with Crippen LogP contribution in [0.25, 0.3) is 0 Å². The highest BCUT2D eigenvalue weighted by atomic mass is 32.2. The lowest BCUT2D eigenvalue weighted by Crippen LogP contribution is -2.36. The van der Waals surface area contributed by atoms with Crippen LogP contribution in [0.4, 0.5) is 0 Å². The van der Waals surface area contributed by atoms with Gasteiger partial charge in [-0.05, 0) is 37.0 Å². The van der Waals surface area contributed by atoms with Crippen LogP contribution in [0.5, 0.6) is 0 Å². The van der Waals surface area contributed by atoms with Crippen LogP contribution in [-0.2, 0) is 10.0 Å². The highest BCUT2D eigenvalue weighted by Crippen LogP contribution is 2.32. The second-order valence-corrected chi connectivity index (χ2v) is 7.42. The molecule has 0 aromatic heterocycles. The van der Waals surface area contributed by atoms with Gasteiger partial charge in [0.25, 0.3) is 0 Å². The molecule has 2 rings (SSSR count). The van der Waals surface area contributed by atoms with Gasteiger partial charge in [0.05, 0.1) is 10.5 Å². The Bertz CT molecular complexity index is 605. The molecule has 0 unspecified atom stereocenters. The van der Waals surface area contributed by atoms with Gasteiger partial charge in [-0.3, -0.25) is 0 Å². The summed E-state index contributed by atoms with van der Waals surface area (Å²) in [6, 6.07) is 5.61. The summed E-state index contributed by atoms with van der Waals surface area (Å²) in [6.07, 6.45) is 1.76. The van der Waals surface area contributed by atoms with Crippen LogP contribution in [0.3, 0.4) is 0 Å². The van der Waals surface area contributed by atoms with Crippen molar-refractivity contribution in [2.24, 2.45) is 5.92 Å². The third kappa shape index (κ3) is 3.19. The van der Waals surface area contributed by atoms with E-state index in [1.807, 2.05) is 13.8 Å². The van der Waals surface area contributed by atoms with E-state index in [2.05, 4.69) is 0 Å². The van der Waals surface area contributed by atoms with E-state index in [4.69, 9.17) is 5.11 Å². The first-order valence-electron chi connectivity index (χ1n) is 6.67. The maximum atomic E-state index is 12.7. The maximum absolute atomic E-state index is 12.7. The van der Waals surface area contributed by atoms with Gasteiger partial charge in [0, 0.05) is 12.6 Å². The summed E-state index contributed by atoms with van der Waals surface area (Å²) in [5.41, 5.74) is -0.00799. The van der Waals surface area contributed by atoms with Crippen molar-refractivity contribution in [2.75, 3.05) is 6.54 Å². The summed E-state index contributed by atoms with van der Waals surface area (Å²) in [6.45, 7) is 4.40. The summed E-state index contributed by atoms with van der Waals surface area (Å²) in [5.74, 6) is -0.892. The Balaban J connectivity index is 2.37. The van der Waals surface area contributed by atoms with Crippen molar-refractivity contribution in [3.05, 3.63) is 29.8 Å². The zero-order valence-corrected chi connectivity index (χ0v) is 12.4. The van der Waals surface area contributed by atoms with Gasteiger partial charge in [-0.2, -0.15) is 4.31 Å². The molecule has 0 saturated heterocycles. The summed E-state index contributed by atoms with van der Waals surface area (Å²) < 4.78 is 26.8. The van der Waals surface area contributed by atoms with Crippen molar-refractivity contribution in [3.63, 3.8) is 0 Å². The molecule has 1 aromatic rings. The van der Waals surface area contributed by atoms with Crippen LogP contribution in [0.1, 0.15) is 37.0 Å². The van der Waals surface area contributed by atoms with Crippen LogP contribution in [0.2, 0.25) is 0 Å². The van der Waals surface area contributed by atoms with Crippen molar-refractivity contribution in [1.82, 2.24) is 4.31 Å². The molecule has 110 valence electrons. The van der Waals surface area contributed by atoms with E-state index in [9.17, 15) is 13.2 Å². The second-order valence-electron chi connectivity index (χ2n) is 5.53. The first-order valence-corrected chi connectivity index (χ1v) is 8.11. The number of hydrogen-bond donors (Lipinski definition) is 1. The quantitative estimate of drug-likeness (QED) is 0.873. The predicted octanol–water partition coefficient (Wildman–Crippen LogP) is 2.19. The lowest BCUT2D eigenvalue weighted by atomic mass is 10.2. The van der Waals surface area contributed by atoms with Crippen LogP contribution in [-0.4, -0.2) is 36.4 Å². The van der Waals surface area contributed by atoms with E-state index in [0.29, 0.717) is 6.54 Å². The molecule has 5 nitrogen and oxygen atoms in total. The minimum absolute atomic E-state index is 0.00799.